The average molecular weight is 509 g/mol. The molecule has 4 nitrogen and oxygen atoms in total. The Morgan fingerprint density at radius 1 is 1.14 bits per heavy atom. The van der Waals surface area contributed by atoms with Crippen molar-refractivity contribution in [2.45, 2.75) is 97.0 Å². The highest BCUT2D eigenvalue weighted by Crippen LogP contribution is 2.29. The monoisotopic (exact) mass is 508 g/mol. The number of rotatable bonds is 9. The molecule has 5 heteroatoms. The second kappa shape index (κ2) is 13.4. The van der Waals surface area contributed by atoms with Crippen molar-refractivity contribution in [3.05, 3.63) is 71.0 Å². The zero-order chi connectivity index (χ0) is 26.1. The lowest BCUT2D eigenvalue weighted by Gasteiger charge is -2.29. The first-order chi connectivity index (χ1) is 17.3. The second-order valence-electron chi connectivity index (χ2n) is 10.5. The number of halogens is 1. The van der Waals surface area contributed by atoms with E-state index in [-0.39, 0.29) is 10.9 Å². The number of allylic oxidation sites excluding steroid dienone is 8. The SMILES string of the molecule is CC=CC1=CC(C)(CC2=NC(/C=C/C3=CC=CC(Cl)C3)=C(C)CCC(N(CCC)CCC)=N2)NC1C. The summed E-state index contributed by atoms with van der Waals surface area (Å²) in [6, 6.07) is 0.312. The molecule has 0 saturated carbocycles. The van der Waals surface area contributed by atoms with Gasteiger partial charge in [-0.05, 0) is 76.2 Å². The van der Waals surface area contributed by atoms with Crippen LogP contribution in [0.15, 0.2) is 81.0 Å². The van der Waals surface area contributed by atoms with Crippen molar-refractivity contribution >= 4 is 23.3 Å². The van der Waals surface area contributed by atoms with Gasteiger partial charge in [0.2, 0.25) is 0 Å². The standard InChI is InChI=1S/C31H45ClN4/c1-7-11-26-21-31(6,35-24(26)5)22-29-33-28(16-15-25-12-10-13-27(32)20-25)23(4)14-17-30(34-29)36(18-8-2)19-9-3/h7,10-13,15-16,21,24,27,35H,8-9,14,17-20,22H2,1-6H3/b11-7?,16-15+,28-23?,33-29?,34-30?. The van der Waals surface area contributed by atoms with Crippen LogP contribution in [0.4, 0.5) is 0 Å². The molecule has 3 atom stereocenters. The molecule has 1 N–H and O–H groups in total. The normalized spacial score (nSPS) is 27.2. The van der Waals surface area contributed by atoms with Crippen LogP contribution in [0.25, 0.3) is 0 Å². The fourth-order valence-electron chi connectivity index (χ4n) is 5.19. The smallest absolute Gasteiger partial charge is 0.133 e. The Balaban J connectivity index is 1.99. The molecule has 3 unspecified atom stereocenters. The number of nitrogens with one attached hydrogen (secondary N) is 1. The maximum Gasteiger partial charge on any atom is 0.133 e. The molecule has 36 heavy (non-hydrogen) atoms. The van der Waals surface area contributed by atoms with E-state index in [4.69, 9.17) is 21.6 Å². The van der Waals surface area contributed by atoms with E-state index in [9.17, 15) is 0 Å². The Kier molecular flexibility index (Phi) is 10.6. The molecule has 0 saturated heterocycles. The number of hydrogen-bond donors (Lipinski definition) is 1. The third-order valence-electron chi connectivity index (χ3n) is 6.95. The number of alkyl halides is 1. The summed E-state index contributed by atoms with van der Waals surface area (Å²) in [4.78, 5) is 12.9. The summed E-state index contributed by atoms with van der Waals surface area (Å²) in [6.07, 6.45) is 23.0. The quantitative estimate of drug-likeness (QED) is 0.324. The summed E-state index contributed by atoms with van der Waals surface area (Å²) in [5.74, 6) is 2.08. The summed E-state index contributed by atoms with van der Waals surface area (Å²) in [7, 11) is 0. The molecule has 1 aliphatic carbocycles. The van der Waals surface area contributed by atoms with E-state index < -0.39 is 0 Å². The van der Waals surface area contributed by atoms with Crippen LogP contribution in [0, 0.1) is 0 Å². The van der Waals surface area contributed by atoms with Crippen molar-refractivity contribution < 1.29 is 0 Å². The van der Waals surface area contributed by atoms with Gasteiger partial charge in [0.15, 0.2) is 0 Å². The van der Waals surface area contributed by atoms with E-state index in [2.05, 4.69) is 88.2 Å². The largest absolute Gasteiger partial charge is 0.360 e. The van der Waals surface area contributed by atoms with Crippen molar-refractivity contribution in [3.63, 3.8) is 0 Å². The Hall–Kier alpha value is -2.17. The minimum absolute atomic E-state index is 0.0601. The molecule has 0 aromatic heterocycles. The van der Waals surface area contributed by atoms with Crippen molar-refractivity contribution in [1.82, 2.24) is 10.2 Å². The first-order valence-electron chi connectivity index (χ1n) is 13.7. The lowest BCUT2D eigenvalue weighted by atomic mass is 9.97. The van der Waals surface area contributed by atoms with Gasteiger partial charge in [0.25, 0.3) is 0 Å². The highest BCUT2D eigenvalue weighted by Gasteiger charge is 2.33. The van der Waals surface area contributed by atoms with Gasteiger partial charge >= 0.3 is 0 Å². The Labute approximate surface area is 224 Å². The lowest BCUT2D eigenvalue weighted by Crippen LogP contribution is -2.42. The van der Waals surface area contributed by atoms with Gasteiger partial charge in [0, 0.05) is 37.5 Å². The summed E-state index contributed by atoms with van der Waals surface area (Å²) in [5.41, 5.74) is 4.71. The second-order valence-corrected chi connectivity index (χ2v) is 11.1. The number of aliphatic imine (C=N–C) groups is 2. The molecular formula is C31H45ClN4. The predicted octanol–water partition coefficient (Wildman–Crippen LogP) is 7.67. The number of amidine groups is 2. The van der Waals surface area contributed by atoms with Gasteiger partial charge in [-0.1, -0.05) is 56.4 Å². The van der Waals surface area contributed by atoms with Crippen molar-refractivity contribution in [2.75, 3.05) is 13.1 Å². The number of hydrogen-bond acceptors (Lipinski definition) is 4. The van der Waals surface area contributed by atoms with Gasteiger partial charge in [-0.25, -0.2) is 9.98 Å². The molecule has 0 radical (unpaired) electrons. The fraction of sp³-hybridized carbons (Fsp3) is 0.548. The third-order valence-corrected chi connectivity index (χ3v) is 7.25. The van der Waals surface area contributed by atoms with Crippen LogP contribution < -0.4 is 5.32 Å². The lowest BCUT2D eigenvalue weighted by molar-refractivity contribution is 0.408. The average Bonchev–Trinajstić information content (AvgIpc) is 3.10. The van der Waals surface area contributed by atoms with Crippen molar-refractivity contribution in [3.8, 4) is 0 Å². The van der Waals surface area contributed by atoms with E-state index in [0.29, 0.717) is 6.04 Å². The van der Waals surface area contributed by atoms with Crippen LogP contribution in [0.5, 0.6) is 0 Å². The van der Waals surface area contributed by atoms with Crippen LogP contribution >= 0.6 is 11.6 Å². The van der Waals surface area contributed by atoms with Crippen molar-refractivity contribution in [1.29, 1.82) is 0 Å². The van der Waals surface area contributed by atoms with Gasteiger partial charge < -0.3 is 10.2 Å². The van der Waals surface area contributed by atoms with Gasteiger partial charge in [0.1, 0.15) is 11.7 Å². The summed E-state index contributed by atoms with van der Waals surface area (Å²) in [5, 5.41) is 3.84. The van der Waals surface area contributed by atoms with Crippen LogP contribution in [-0.4, -0.2) is 46.6 Å². The van der Waals surface area contributed by atoms with Gasteiger partial charge in [-0.15, -0.1) is 11.6 Å². The first kappa shape index (κ1) is 28.4. The number of nitrogens with zero attached hydrogens (tertiary/aromatic N) is 3. The van der Waals surface area contributed by atoms with E-state index in [0.717, 1.165) is 63.1 Å². The molecule has 0 fully saturated rings. The van der Waals surface area contributed by atoms with Crippen LogP contribution in [0.2, 0.25) is 0 Å². The summed E-state index contributed by atoms with van der Waals surface area (Å²) >= 11 is 6.35. The molecule has 0 aromatic rings. The van der Waals surface area contributed by atoms with Crippen molar-refractivity contribution in [2.24, 2.45) is 9.98 Å². The predicted molar refractivity (Wildman–Crippen MR) is 158 cm³/mol. The Morgan fingerprint density at radius 2 is 1.89 bits per heavy atom. The Bertz CT molecular complexity index is 1020. The molecule has 196 valence electrons. The van der Waals surface area contributed by atoms with Gasteiger partial charge in [-0.2, -0.15) is 0 Å². The molecule has 0 amide bonds. The fourth-order valence-corrected chi connectivity index (χ4v) is 5.45. The zero-order valence-electron chi connectivity index (χ0n) is 23.1. The molecule has 0 bridgehead atoms. The van der Waals surface area contributed by atoms with Gasteiger partial charge in [-0.3, -0.25) is 0 Å². The van der Waals surface area contributed by atoms with E-state index in [1.54, 1.807) is 0 Å². The van der Waals surface area contributed by atoms with Crippen LogP contribution in [0.1, 0.15) is 80.1 Å². The molecule has 3 aliphatic rings. The Morgan fingerprint density at radius 3 is 2.56 bits per heavy atom. The summed E-state index contributed by atoms with van der Waals surface area (Å²) in [6.45, 7) is 15.3. The molecule has 2 aliphatic heterocycles. The highest BCUT2D eigenvalue weighted by molar-refractivity contribution is 6.22. The molecular weight excluding hydrogens is 464 g/mol. The molecule has 2 heterocycles. The van der Waals surface area contributed by atoms with Crippen LogP contribution in [-0.2, 0) is 0 Å². The molecule has 0 aromatic carbocycles. The van der Waals surface area contributed by atoms with Gasteiger partial charge in [0.05, 0.1) is 11.1 Å². The minimum Gasteiger partial charge on any atom is -0.360 e. The zero-order valence-corrected chi connectivity index (χ0v) is 23.9. The third kappa shape index (κ3) is 7.91. The first-order valence-corrected chi connectivity index (χ1v) is 14.1. The van der Waals surface area contributed by atoms with E-state index in [1.807, 2.05) is 12.2 Å². The van der Waals surface area contributed by atoms with E-state index in [1.165, 1.54) is 22.6 Å². The molecule has 0 spiro atoms. The van der Waals surface area contributed by atoms with E-state index >= 15 is 0 Å². The topological polar surface area (TPSA) is 40.0 Å². The highest BCUT2D eigenvalue weighted by atomic mass is 35.5. The molecule has 3 rings (SSSR count). The summed E-state index contributed by atoms with van der Waals surface area (Å²) < 4.78 is 0. The maximum absolute atomic E-state index is 6.35. The minimum atomic E-state index is -0.188. The maximum atomic E-state index is 6.35. The van der Waals surface area contributed by atoms with Crippen LogP contribution in [0.3, 0.4) is 0 Å².